The Morgan fingerprint density at radius 2 is 1.73 bits per heavy atom. The van der Waals surface area contributed by atoms with E-state index >= 15 is 0 Å². The molecular formula is C20H27NO. The summed E-state index contributed by atoms with van der Waals surface area (Å²) in [6.07, 6.45) is 3.24. The molecule has 0 fully saturated rings. The van der Waals surface area contributed by atoms with E-state index in [-0.39, 0.29) is 5.41 Å². The maximum Gasteiger partial charge on any atom is 0.124 e. The monoisotopic (exact) mass is 297 g/mol. The van der Waals surface area contributed by atoms with Crippen LogP contribution in [0.3, 0.4) is 0 Å². The molecule has 0 radical (unpaired) electrons. The minimum absolute atomic E-state index is 0.0432. The van der Waals surface area contributed by atoms with Gasteiger partial charge in [-0.3, -0.25) is 0 Å². The molecule has 1 unspecified atom stereocenters. The second-order valence-corrected chi connectivity index (χ2v) is 6.20. The number of anilines is 1. The van der Waals surface area contributed by atoms with Crippen LogP contribution in [0.1, 0.15) is 51.2 Å². The molecule has 1 atom stereocenters. The zero-order valence-electron chi connectivity index (χ0n) is 13.9. The molecule has 2 nitrogen and oxygen atoms in total. The van der Waals surface area contributed by atoms with Gasteiger partial charge in [0, 0.05) is 23.4 Å². The molecule has 22 heavy (non-hydrogen) atoms. The zero-order chi connectivity index (χ0) is 16.0. The molecule has 0 aliphatic heterocycles. The summed E-state index contributed by atoms with van der Waals surface area (Å²) in [4.78, 5) is 0. The summed E-state index contributed by atoms with van der Waals surface area (Å²) in [7, 11) is 0. The zero-order valence-corrected chi connectivity index (χ0v) is 13.9. The summed E-state index contributed by atoms with van der Waals surface area (Å²) < 4.78 is 0. The first kappa shape index (κ1) is 16.4. The maximum atomic E-state index is 10.7. The molecule has 0 heterocycles. The van der Waals surface area contributed by atoms with Crippen molar-refractivity contribution in [3.05, 3.63) is 59.7 Å². The van der Waals surface area contributed by atoms with Crippen molar-refractivity contribution >= 4 is 5.69 Å². The molecule has 0 aliphatic rings. The van der Waals surface area contributed by atoms with E-state index in [9.17, 15) is 5.11 Å². The molecule has 0 spiro atoms. The Hall–Kier alpha value is -1.96. The number of para-hydroxylation sites is 2. The Labute approximate surface area is 134 Å². The van der Waals surface area contributed by atoms with Crippen LogP contribution in [0.15, 0.2) is 48.5 Å². The molecule has 0 aromatic heterocycles. The van der Waals surface area contributed by atoms with E-state index in [2.05, 4.69) is 38.2 Å². The standard InChI is InChI=1S/C20H27NO/c1-4-14-20(3,5-2)18-13-9-10-16(19(18)22)15-21-17-11-7-6-8-12-17/h6-13,21-22H,4-5,14-15H2,1-3H3. The van der Waals surface area contributed by atoms with Crippen LogP contribution in [0.2, 0.25) is 0 Å². The average Bonchev–Trinajstić information content (AvgIpc) is 2.55. The molecule has 0 aliphatic carbocycles. The Kier molecular flexibility index (Phi) is 5.48. The summed E-state index contributed by atoms with van der Waals surface area (Å²) in [6.45, 7) is 7.28. The summed E-state index contributed by atoms with van der Waals surface area (Å²) in [5.41, 5.74) is 3.14. The van der Waals surface area contributed by atoms with Crippen molar-refractivity contribution < 1.29 is 5.11 Å². The van der Waals surface area contributed by atoms with Crippen LogP contribution in [0.25, 0.3) is 0 Å². The topological polar surface area (TPSA) is 32.3 Å². The lowest BCUT2D eigenvalue weighted by Gasteiger charge is -2.30. The van der Waals surface area contributed by atoms with E-state index in [4.69, 9.17) is 0 Å². The van der Waals surface area contributed by atoms with E-state index in [1.165, 1.54) is 0 Å². The lowest BCUT2D eigenvalue weighted by molar-refractivity contribution is 0.380. The number of aromatic hydroxyl groups is 1. The highest BCUT2D eigenvalue weighted by Gasteiger charge is 2.27. The van der Waals surface area contributed by atoms with E-state index < -0.39 is 0 Å². The molecule has 2 heteroatoms. The lowest BCUT2D eigenvalue weighted by atomic mass is 9.75. The van der Waals surface area contributed by atoms with Gasteiger partial charge in [-0.15, -0.1) is 0 Å². The van der Waals surface area contributed by atoms with Crippen molar-refractivity contribution in [1.82, 2.24) is 0 Å². The van der Waals surface area contributed by atoms with Crippen molar-refractivity contribution in [2.75, 3.05) is 5.32 Å². The van der Waals surface area contributed by atoms with Gasteiger partial charge in [0.05, 0.1) is 0 Å². The third-order valence-electron chi connectivity index (χ3n) is 4.61. The highest BCUT2D eigenvalue weighted by molar-refractivity contribution is 5.48. The van der Waals surface area contributed by atoms with Gasteiger partial charge in [-0.05, 0) is 30.4 Å². The first-order valence-corrected chi connectivity index (χ1v) is 8.21. The second kappa shape index (κ2) is 7.35. The SMILES string of the molecule is CCCC(C)(CC)c1cccc(CNc2ccccc2)c1O. The minimum atomic E-state index is 0.0432. The summed E-state index contributed by atoms with van der Waals surface area (Å²) in [5, 5.41) is 14.1. The number of nitrogens with one attached hydrogen (secondary N) is 1. The molecule has 2 rings (SSSR count). The molecule has 2 aromatic rings. The van der Waals surface area contributed by atoms with E-state index in [0.29, 0.717) is 12.3 Å². The Balaban J connectivity index is 2.22. The quantitative estimate of drug-likeness (QED) is 0.710. The Morgan fingerprint density at radius 3 is 2.36 bits per heavy atom. The third-order valence-corrected chi connectivity index (χ3v) is 4.61. The Bertz CT molecular complexity index is 594. The van der Waals surface area contributed by atoms with Crippen LogP contribution in [-0.2, 0) is 12.0 Å². The van der Waals surface area contributed by atoms with Crippen molar-refractivity contribution in [3.63, 3.8) is 0 Å². The number of phenolic OH excluding ortho intramolecular Hbond substituents is 1. The Morgan fingerprint density at radius 1 is 1.00 bits per heavy atom. The fourth-order valence-corrected chi connectivity index (χ4v) is 3.03. The number of benzene rings is 2. The van der Waals surface area contributed by atoms with Gasteiger partial charge in [0.2, 0.25) is 0 Å². The molecular weight excluding hydrogens is 270 g/mol. The molecule has 2 N–H and O–H groups in total. The fraction of sp³-hybridized carbons (Fsp3) is 0.400. The van der Waals surface area contributed by atoms with Gasteiger partial charge in [-0.1, -0.05) is 63.6 Å². The van der Waals surface area contributed by atoms with Crippen LogP contribution in [-0.4, -0.2) is 5.11 Å². The number of hydrogen-bond acceptors (Lipinski definition) is 2. The van der Waals surface area contributed by atoms with Crippen LogP contribution >= 0.6 is 0 Å². The van der Waals surface area contributed by atoms with Crippen molar-refractivity contribution in [3.8, 4) is 5.75 Å². The summed E-state index contributed by atoms with van der Waals surface area (Å²) in [6, 6.07) is 16.2. The highest BCUT2D eigenvalue weighted by atomic mass is 16.3. The summed E-state index contributed by atoms with van der Waals surface area (Å²) in [5.74, 6) is 0.448. The van der Waals surface area contributed by atoms with E-state index in [1.807, 2.05) is 36.4 Å². The van der Waals surface area contributed by atoms with Crippen molar-refractivity contribution in [2.24, 2.45) is 0 Å². The smallest absolute Gasteiger partial charge is 0.124 e. The maximum absolute atomic E-state index is 10.7. The number of phenols is 1. The predicted octanol–water partition coefficient (Wildman–Crippen LogP) is 5.47. The molecule has 2 aromatic carbocycles. The van der Waals surface area contributed by atoms with Gasteiger partial charge in [-0.2, -0.15) is 0 Å². The molecule has 118 valence electrons. The van der Waals surface area contributed by atoms with Crippen LogP contribution in [0.5, 0.6) is 5.75 Å². The first-order valence-electron chi connectivity index (χ1n) is 8.21. The van der Waals surface area contributed by atoms with Gasteiger partial charge in [0.1, 0.15) is 5.75 Å². The highest BCUT2D eigenvalue weighted by Crippen LogP contribution is 2.39. The van der Waals surface area contributed by atoms with Gasteiger partial charge in [-0.25, -0.2) is 0 Å². The molecule has 0 saturated heterocycles. The van der Waals surface area contributed by atoms with Crippen LogP contribution < -0.4 is 5.32 Å². The largest absolute Gasteiger partial charge is 0.507 e. The summed E-state index contributed by atoms with van der Waals surface area (Å²) >= 11 is 0. The predicted molar refractivity (Wildman–Crippen MR) is 94.4 cm³/mol. The van der Waals surface area contributed by atoms with Gasteiger partial charge >= 0.3 is 0 Å². The third kappa shape index (κ3) is 3.62. The second-order valence-electron chi connectivity index (χ2n) is 6.20. The number of rotatable bonds is 7. The minimum Gasteiger partial charge on any atom is -0.507 e. The molecule has 0 amide bonds. The molecule has 0 saturated carbocycles. The van der Waals surface area contributed by atoms with E-state index in [0.717, 1.165) is 36.1 Å². The normalized spacial score (nSPS) is 13.6. The van der Waals surface area contributed by atoms with Gasteiger partial charge in [0.15, 0.2) is 0 Å². The van der Waals surface area contributed by atoms with Gasteiger partial charge in [0.25, 0.3) is 0 Å². The lowest BCUT2D eigenvalue weighted by Crippen LogP contribution is -2.21. The van der Waals surface area contributed by atoms with Crippen LogP contribution in [0.4, 0.5) is 5.69 Å². The van der Waals surface area contributed by atoms with E-state index in [1.54, 1.807) is 0 Å². The molecule has 0 bridgehead atoms. The van der Waals surface area contributed by atoms with Crippen LogP contribution in [0, 0.1) is 0 Å². The number of hydrogen-bond donors (Lipinski definition) is 2. The average molecular weight is 297 g/mol. The van der Waals surface area contributed by atoms with Gasteiger partial charge < -0.3 is 10.4 Å². The fourth-order valence-electron chi connectivity index (χ4n) is 3.03. The van der Waals surface area contributed by atoms with Crippen molar-refractivity contribution in [2.45, 2.75) is 52.0 Å². The first-order chi connectivity index (χ1) is 10.6. The van der Waals surface area contributed by atoms with Crippen molar-refractivity contribution in [1.29, 1.82) is 0 Å².